The van der Waals surface area contributed by atoms with Crippen molar-refractivity contribution in [3.63, 3.8) is 0 Å². The van der Waals surface area contributed by atoms with E-state index in [0.29, 0.717) is 19.0 Å². The molecular weight excluding hydrogens is 274 g/mol. The van der Waals surface area contributed by atoms with E-state index in [1.165, 1.54) is 4.90 Å². The van der Waals surface area contributed by atoms with Crippen molar-refractivity contribution in [2.45, 2.75) is 38.4 Å². The third-order valence-electron chi connectivity index (χ3n) is 3.25. The molecule has 2 rings (SSSR count). The van der Waals surface area contributed by atoms with Crippen LogP contribution in [0, 0.1) is 5.82 Å². The molecule has 0 heterocycles. The molecule has 0 bridgehead atoms. The molecule has 0 radical (unpaired) electrons. The average molecular weight is 289 g/mol. The van der Waals surface area contributed by atoms with E-state index >= 15 is 0 Å². The molecule has 1 saturated carbocycles. The maximum atomic E-state index is 13.9. The van der Waals surface area contributed by atoms with Gasteiger partial charge in [-0.2, -0.15) is 13.2 Å². The van der Waals surface area contributed by atoms with Gasteiger partial charge in [0, 0.05) is 12.6 Å². The molecule has 0 aromatic heterocycles. The lowest BCUT2D eigenvalue weighted by Crippen LogP contribution is -2.34. The summed E-state index contributed by atoms with van der Waals surface area (Å²) in [6, 6.07) is 2.86. The number of halogens is 4. The van der Waals surface area contributed by atoms with Crippen molar-refractivity contribution < 1.29 is 22.4 Å². The first-order chi connectivity index (χ1) is 9.36. The average Bonchev–Trinajstić information content (AvgIpc) is 3.18. The highest BCUT2D eigenvalue weighted by molar-refractivity contribution is 5.95. The molecule has 1 amide bonds. The Balaban J connectivity index is 2.34. The van der Waals surface area contributed by atoms with Crippen LogP contribution < -0.4 is 0 Å². The molecule has 0 atom stereocenters. The lowest BCUT2D eigenvalue weighted by Gasteiger charge is -2.22. The molecule has 20 heavy (non-hydrogen) atoms. The van der Waals surface area contributed by atoms with E-state index in [2.05, 4.69) is 0 Å². The number of nitrogens with zero attached hydrogens (tertiary/aromatic N) is 1. The van der Waals surface area contributed by atoms with Crippen LogP contribution in [0.2, 0.25) is 0 Å². The van der Waals surface area contributed by atoms with Crippen LogP contribution in [0.4, 0.5) is 17.6 Å². The summed E-state index contributed by atoms with van der Waals surface area (Å²) in [6.45, 7) is 2.30. The molecular formula is C14H15F4NO. The van der Waals surface area contributed by atoms with E-state index in [0.717, 1.165) is 25.0 Å². The van der Waals surface area contributed by atoms with E-state index in [4.69, 9.17) is 0 Å². The summed E-state index contributed by atoms with van der Waals surface area (Å²) in [5.41, 5.74) is -1.89. The van der Waals surface area contributed by atoms with Crippen LogP contribution in [0.1, 0.15) is 42.1 Å². The number of carbonyl (C=O) groups is 1. The van der Waals surface area contributed by atoms with Crippen molar-refractivity contribution in [3.05, 3.63) is 35.1 Å². The van der Waals surface area contributed by atoms with Crippen molar-refractivity contribution >= 4 is 5.91 Å². The molecule has 1 aromatic rings. The Kier molecular flexibility index (Phi) is 4.01. The van der Waals surface area contributed by atoms with Gasteiger partial charge in [0.1, 0.15) is 5.82 Å². The fourth-order valence-electron chi connectivity index (χ4n) is 2.15. The van der Waals surface area contributed by atoms with Crippen LogP contribution in [0.3, 0.4) is 0 Å². The smallest absolute Gasteiger partial charge is 0.336 e. The summed E-state index contributed by atoms with van der Waals surface area (Å²) >= 11 is 0. The SMILES string of the molecule is CCCN(C(=O)c1cccc(C(F)(F)F)c1F)C1CC1. The van der Waals surface area contributed by atoms with Gasteiger partial charge in [-0.3, -0.25) is 4.79 Å². The minimum atomic E-state index is -4.80. The quantitative estimate of drug-likeness (QED) is 0.771. The Morgan fingerprint density at radius 3 is 2.50 bits per heavy atom. The number of rotatable bonds is 4. The minimum Gasteiger partial charge on any atom is -0.336 e. The predicted octanol–water partition coefficient (Wildman–Crippen LogP) is 3.86. The van der Waals surface area contributed by atoms with Crippen molar-refractivity contribution in [1.82, 2.24) is 4.90 Å². The number of hydrogen-bond donors (Lipinski definition) is 0. The number of alkyl halides is 3. The Hall–Kier alpha value is -1.59. The molecule has 1 aliphatic rings. The van der Waals surface area contributed by atoms with Crippen molar-refractivity contribution in [3.8, 4) is 0 Å². The highest BCUT2D eigenvalue weighted by Gasteiger charge is 2.38. The summed E-state index contributed by atoms with van der Waals surface area (Å²) < 4.78 is 51.9. The van der Waals surface area contributed by atoms with Gasteiger partial charge in [-0.05, 0) is 31.4 Å². The molecule has 6 heteroatoms. The van der Waals surface area contributed by atoms with E-state index in [9.17, 15) is 22.4 Å². The van der Waals surface area contributed by atoms with Gasteiger partial charge in [0.05, 0.1) is 11.1 Å². The number of amides is 1. The maximum Gasteiger partial charge on any atom is 0.419 e. The first-order valence-corrected chi connectivity index (χ1v) is 6.53. The lowest BCUT2D eigenvalue weighted by atomic mass is 10.1. The Morgan fingerprint density at radius 2 is 2.00 bits per heavy atom. The summed E-state index contributed by atoms with van der Waals surface area (Å²) in [5, 5.41) is 0. The molecule has 0 saturated heterocycles. The molecule has 2 nitrogen and oxygen atoms in total. The van der Waals surface area contributed by atoms with Crippen LogP contribution in [0.25, 0.3) is 0 Å². The zero-order chi connectivity index (χ0) is 14.9. The third kappa shape index (κ3) is 2.94. The van der Waals surface area contributed by atoms with Crippen molar-refractivity contribution in [2.75, 3.05) is 6.54 Å². The second kappa shape index (κ2) is 5.42. The zero-order valence-corrected chi connectivity index (χ0v) is 11.0. The first-order valence-electron chi connectivity index (χ1n) is 6.53. The predicted molar refractivity (Wildman–Crippen MR) is 65.8 cm³/mol. The summed E-state index contributed by atoms with van der Waals surface area (Å²) in [6.07, 6.45) is -2.46. The van der Waals surface area contributed by atoms with Crippen LogP contribution >= 0.6 is 0 Å². The maximum absolute atomic E-state index is 13.9. The van der Waals surface area contributed by atoms with Crippen molar-refractivity contribution in [1.29, 1.82) is 0 Å². The van der Waals surface area contributed by atoms with Crippen LogP contribution in [-0.4, -0.2) is 23.4 Å². The zero-order valence-electron chi connectivity index (χ0n) is 11.0. The summed E-state index contributed by atoms with van der Waals surface area (Å²) in [5.74, 6) is -2.13. The van der Waals surface area contributed by atoms with E-state index in [1.54, 1.807) is 0 Å². The van der Waals surface area contributed by atoms with E-state index in [1.807, 2.05) is 6.92 Å². The number of hydrogen-bond acceptors (Lipinski definition) is 1. The van der Waals surface area contributed by atoms with Crippen LogP contribution in [0.5, 0.6) is 0 Å². The van der Waals surface area contributed by atoms with Gasteiger partial charge in [0.25, 0.3) is 5.91 Å². The van der Waals surface area contributed by atoms with Crippen molar-refractivity contribution in [2.24, 2.45) is 0 Å². The fourth-order valence-corrected chi connectivity index (χ4v) is 2.15. The Bertz CT molecular complexity index is 508. The van der Waals surface area contributed by atoms with Gasteiger partial charge in [0.2, 0.25) is 0 Å². The van der Waals surface area contributed by atoms with Gasteiger partial charge in [-0.15, -0.1) is 0 Å². The largest absolute Gasteiger partial charge is 0.419 e. The van der Waals surface area contributed by atoms with E-state index in [-0.39, 0.29) is 6.04 Å². The summed E-state index contributed by atoms with van der Waals surface area (Å²) in [4.78, 5) is 13.7. The second-order valence-corrected chi connectivity index (χ2v) is 4.89. The number of carbonyl (C=O) groups excluding carboxylic acids is 1. The minimum absolute atomic E-state index is 0.0383. The van der Waals surface area contributed by atoms with Gasteiger partial charge >= 0.3 is 6.18 Å². The van der Waals surface area contributed by atoms with Gasteiger partial charge in [-0.25, -0.2) is 4.39 Å². The molecule has 0 spiro atoms. The molecule has 0 unspecified atom stereocenters. The van der Waals surface area contributed by atoms with Gasteiger partial charge in [-0.1, -0.05) is 13.0 Å². The van der Waals surface area contributed by atoms with E-state index < -0.39 is 29.0 Å². The molecule has 1 fully saturated rings. The molecule has 110 valence electrons. The topological polar surface area (TPSA) is 20.3 Å². The van der Waals surface area contributed by atoms with Gasteiger partial charge < -0.3 is 4.90 Å². The molecule has 0 aliphatic heterocycles. The van der Waals surface area contributed by atoms with Gasteiger partial charge in [0.15, 0.2) is 0 Å². The first kappa shape index (κ1) is 14.8. The molecule has 0 N–H and O–H groups in total. The summed E-state index contributed by atoms with van der Waals surface area (Å²) in [7, 11) is 0. The Morgan fingerprint density at radius 1 is 1.35 bits per heavy atom. The highest BCUT2D eigenvalue weighted by atomic mass is 19.4. The normalized spacial score (nSPS) is 15.2. The highest BCUT2D eigenvalue weighted by Crippen LogP contribution is 2.34. The fraction of sp³-hybridized carbons (Fsp3) is 0.500. The Labute approximate surface area is 114 Å². The number of benzene rings is 1. The standard InChI is InChI=1S/C14H15F4NO/c1-2-8-19(9-6-7-9)13(20)10-4-3-5-11(12(10)15)14(16,17)18/h3-5,9H,2,6-8H2,1H3. The third-order valence-corrected chi connectivity index (χ3v) is 3.25. The van der Waals surface area contributed by atoms with Crippen LogP contribution in [-0.2, 0) is 6.18 Å². The van der Waals surface area contributed by atoms with Crippen LogP contribution in [0.15, 0.2) is 18.2 Å². The molecule has 1 aliphatic carbocycles. The second-order valence-electron chi connectivity index (χ2n) is 4.89. The monoisotopic (exact) mass is 289 g/mol. The molecule has 1 aromatic carbocycles. The lowest BCUT2D eigenvalue weighted by molar-refractivity contribution is -0.140.